The van der Waals surface area contributed by atoms with E-state index in [4.69, 9.17) is 10.5 Å². The number of rotatable bonds is 3. The van der Waals surface area contributed by atoms with Crippen LogP contribution in [0, 0.1) is 0 Å². The summed E-state index contributed by atoms with van der Waals surface area (Å²) in [5, 5.41) is -0.0699. The van der Waals surface area contributed by atoms with Crippen LogP contribution in [0.1, 0.15) is 17.2 Å². The van der Waals surface area contributed by atoms with Crippen LogP contribution in [-0.2, 0) is 17.2 Å². The van der Waals surface area contributed by atoms with Crippen LogP contribution in [0.2, 0.25) is 0 Å². The predicted octanol–water partition coefficient (Wildman–Crippen LogP) is 2.43. The molecule has 0 bridgehead atoms. The molecule has 0 saturated carbocycles. The number of hydrogen-bond acceptors (Lipinski definition) is 3. The van der Waals surface area contributed by atoms with E-state index in [9.17, 15) is 4.21 Å². The Hall–Kier alpha value is -1.65. The first-order valence-corrected chi connectivity index (χ1v) is 7.80. The average molecular weight is 287 g/mol. The second kappa shape index (κ2) is 5.38. The van der Waals surface area contributed by atoms with Crippen LogP contribution in [-0.4, -0.2) is 16.6 Å². The van der Waals surface area contributed by atoms with Crippen molar-refractivity contribution in [2.24, 2.45) is 5.73 Å². The van der Waals surface area contributed by atoms with Crippen molar-refractivity contribution in [3.8, 4) is 5.75 Å². The molecule has 0 saturated heterocycles. The highest BCUT2D eigenvalue weighted by atomic mass is 32.2. The summed E-state index contributed by atoms with van der Waals surface area (Å²) >= 11 is 0. The summed E-state index contributed by atoms with van der Waals surface area (Å²) in [4.78, 5) is 0.776. The summed E-state index contributed by atoms with van der Waals surface area (Å²) in [5.74, 6) is 0.722. The van der Waals surface area contributed by atoms with Gasteiger partial charge in [0.25, 0.3) is 0 Å². The fraction of sp³-hybridized carbons (Fsp3) is 0.250. The van der Waals surface area contributed by atoms with Crippen molar-refractivity contribution in [2.45, 2.75) is 22.6 Å². The molecular weight excluding hydrogens is 270 g/mol. The lowest BCUT2D eigenvalue weighted by molar-refractivity contribution is 0.413. The molecule has 1 aliphatic carbocycles. The first kappa shape index (κ1) is 13.3. The molecule has 3 nitrogen and oxygen atoms in total. The Kier molecular flexibility index (Phi) is 3.59. The monoisotopic (exact) mass is 287 g/mol. The predicted molar refractivity (Wildman–Crippen MR) is 80.3 cm³/mol. The fourth-order valence-electron chi connectivity index (χ4n) is 2.70. The number of methoxy groups -OCH3 is 1. The molecular formula is C16H17NO2S. The van der Waals surface area contributed by atoms with Gasteiger partial charge in [-0.2, -0.15) is 0 Å². The van der Waals surface area contributed by atoms with Crippen molar-refractivity contribution >= 4 is 10.8 Å². The van der Waals surface area contributed by atoms with Crippen LogP contribution >= 0.6 is 0 Å². The molecule has 2 N–H and O–H groups in total. The largest absolute Gasteiger partial charge is 0.497 e. The van der Waals surface area contributed by atoms with E-state index in [1.807, 2.05) is 42.5 Å². The number of nitrogens with two attached hydrogens (primary N) is 1. The van der Waals surface area contributed by atoms with Gasteiger partial charge in [-0.25, -0.2) is 0 Å². The molecule has 0 radical (unpaired) electrons. The molecule has 0 aromatic heterocycles. The van der Waals surface area contributed by atoms with Crippen LogP contribution in [0.3, 0.4) is 0 Å². The van der Waals surface area contributed by atoms with Crippen molar-refractivity contribution in [3.63, 3.8) is 0 Å². The lowest BCUT2D eigenvalue weighted by atomic mass is 10.1. The summed E-state index contributed by atoms with van der Waals surface area (Å²) in [5.41, 5.74) is 8.60. The molecule has 1 aliphatic rings. The van der Waals surface area contributed by atoms with Crippen molar-refractivity contribution < 1.29 is 8.95 Å². The highest BCUT2D eigenvalue weighted by Gasteiger charge is 2.34. The Morgan fingerprint density at radius 1 is 1.20 bits per heavy atom. The Morgan fingerprint density at radius 2 is 2.00 bits per heavy atom. The normalized spacial score (nSPS) is 22.3. The molecule has 0 spiro atoms. The van der Waals surface area contributed by atoms with E-state index in [2.05, 4.69) is 6.07 Å². The maximum Gasteiger partial charge on any atom is 0.120 e. The summed E-state index contributed by atoms with van der Waals surface area (Å²) < 4.78 is 18.0. The smallest absolute Gasteiger partial charge is 0.120 e. The van der Waals surface area contributed by atoms with Gasteiger partial charge in [-0.05, 0) is 35.7 Å². The standard InChI is InChI=1S/C16H17NO2S/c1-19-12-6-4-7-13(10-12)20(18)15-9-11-5-2-3-8-14(11)16(15)17/h2-8,10,15-16H,9,17H2,1H3. The lowest BCUT2D eigenvalue weighted by Crippen LogP contribution is -2.26. The molecule has 2 aromatic carbocycles. The minimum atomic E-state index is -1.13. The Morgan fingerprint density at radius 3 is 2.75 bits per heavy atom. The quantitative estimate of drug-likeness (QED) is 0.943. The van der Waals surface area contributed by atoms with E-state index in [1.54, 1.807) is 7.11 Å². The SMILES string of the molecule is COc1cccc(S(=O)C2Cc3ccccc3C2N)c1. The van der Waals surface area contributed by atoms with Crippen molar-refractivity contribution in [1.82, 2.24) is 0 Å². The van der Waals surface area contributed by atoms with Gasteiger partial charge in [0.2, 0.25) is 0 Å². The summed E-state index contributed by atoms with van der Waals surface area (Å²) in [6.45, 7) is 0. The Bertz CT molecular complexity index is 656. The van der Waals surface area contributed by atoms with Crippen LogP contribution in [0.15, 0.2) is 53.4 Å². The number of ether oxygens (including phenoxy) is 1. The second-order valence-corrected chi connectivity index (χ2v) is 6.62. The average Bonchev–Trinajstić information content (AvgIpc) is 2.84. The molecule has 3 rings (SSSR count). The van der Waals surface area contributed by atoms with E-state index in [-0.39, 0.29) is 11.3 Å². The molecule has 0 fully saturated rings. The first-order valence-electron chi connectivity index (χ1n) is 6.58. The number of benzene rings is 2. The summed E-state index contributed by atoms with van der Waals surface area (Å²) in [6.07, 6.45) is 0.765. The van der Waals surface area contributed by atoms with Gasteiger partial charge in [0.1, 0.15) is 5.75 Å². The second-order valence-electron chi connectivity index (χ2n) is 4.94. The molecule has 104 valence electrons. The minimum Gasteiger partial charge on any atom is -0.497 e. The zero-order valence-electron chi connectivity index (χ0n) is 11.3. The first-order chi connectivity index (χ1) is 9.70. The molecule has 20 heavy (non-hydrogen) atoms. The topological polar surface area (TPSA) is 52.3 Å². The van der Waals surface area contributed by atoms with Gasteiger partial charge in [-0.15, -0.1) is 0 Å². The van der Waals surface area contributed by atoms with Gasteiger partial charge in [0.15, 0.2) is 0 Å². The molecule has 0 heterocycles. The third-order valence-corrected chi connectivity index (χ3v) is 5.51. The van der Waals surface area contributed by atoms with Gasteiger partial charge in [-0.3, -0.25) is 4.21 Å². The third kappa shape index (κ3) is 2.25. The van der Waals surface area contributed by atoms with E-state index in [1.165, 1.54) is 5.56 Å². The Balaban J connectivity index is 1.89. The van der Waals surface area contributed by atoms with Gasteiger partial charge >= 0.3 is 0 Å². The highest BCUT2D eigenvalue weighted by molar-refractivity contribution is 7.85. The number of hydrogen-bond donors (Lipinski definition) is 1. The maximum absolute atomic E-state index is 12.8. The van der Waals surface area contributed by atoms with E-state index < -0.39 is 10.8 Å². The third-order valence-electron chi connectivity index (χ3n) is 3.78. The van der Waals surface area contributed by atoms with Gasteiger partial charge in [-0.1, -0.05) is 30.3 Å². The number of fused-ring (bicyclic) bond motifs is 1. The molecule has 2 aromatic rings. The minimum absolute atomic E-state index is 0.0699. The van der Waals surface area contributed by atoms with Crippen LogP contribution in [0.4, 0.5) is 0 Å². The van der Waals surface area contributed by atoms with Crippen LogP contribution < -0.4 is 10.5 Å². The molecule has 3 atom stereocenters. The molecule has 0 amide bonds. The summed E-state index contributed by atoms with van der Waals surface area (Å²) in [7, 11) is 0.478. The van der Waals surface area contributed by atoms with Gasteiger partial charge < -0.3 is 10.5 Å². The fourth-order valence-corrected chi connectivity index (χ4v) is 4.24. The van der Waals surface area contributed by atoms with E-state index in [0.29, 0.717) is 0 Å². The van der Waals surface area contributed by atoms with Gasteiger partial charge in [0.05, 0.1) is 23.2 Å². The molecule has 0 aliphatic heterocycles. The van der Waals surface area contributed by atoms with Crippen LogP contribution in [0.5, 0.6) is 5.75 Å². The van der Waals surface area contributed by atoms with Crippen molar-refractivity contribution in [1.29, 1.82) is 0 Å². The van der Waals surface area contributed by atoms with Crippen molar-refractivity contribution in [3.05, 3.63) is 59.7 Å². The maximum atomic E-state index is 12.8. The zero-order valence-corrected chi connectivity index (χ0v) is 12.1. The lowest BCUT2D eigenvalue weighted by Gasteiger charge is -2.16. The van der Waals surface area contributed by atoms with E-state index in [0.717, 1.165) is 22.6 Å². The zero-order chi connectivity index (χ0) is 14.1. The molecule has 4 heteroatoms. The van der Waals surface area contributed by atoms with Crippen LogP contribution in [0.25, 0.3) is 0 Å². The highest BCUT2D eigenvalue weighted by Crippen LogP contribution is 2.34. The van der Waals surface area contributed by atoms with Gasteiger partial charge in [0, 0.05) is 10.9 Å². The Labute approximate surface area is 121 Å². The summed E-state index contributed by atoms with van der Waals surface area (Å²) in [6, 6.07) is 15.3. The molecule has 3 unspecified atom stereocenters. The van der Waals surface area contributed by atoms with E-state index >= 15 is 0 Å². The van der Waals surface area contributed by atoms with Crippen molar-refractivity contribution in [2.75, 3.05) is 7.11 Å².